The highest BCUT2D eigenvalue weighted by Crippen LogP contribution is 2.34. The van der Waals surface area contributed by atoms with Crippen LogP contribution in [0.2, 0.25) is 0 Å². The van der Waals surface area contributed by atoms with Crippen molar-refractivity contribution in [3.05, 3.63) is 33.3 Å². The van der Waals surface area contributed by atoms with Crippen LogP contribution in [0.4, 0.5) is 0 Å². The van der Waals surface area contributed by atoms with Gasteiger partial charge in [0.05, 0.1) is 44.1 Å². The lowest BCUT2D eigenvalue weighted by molar-refractivity contribution is 0.369. The Morgan fingerprint density at radius 2 is 1.72 bits per heavy atom. The van der Waals surface area contributed by atoms with E-state index in [-0.39, 0.29) is 24.0 Å². The molecule has 9 heteroatoms. The van der Waals surface area contributed by atoms with E-state index in [2.05, 4.69) is 27.5 Å². The number of nitrogens with one attached hydrogen (secondary N) is 2. The summed E-state index contributed by atoms with van der Waals surface area (Å²) < 4.78 is 16.3. The van der Waals surface area contributed by atoms with Gasteiger partial charge in [-0.25, -0.2) is 9.98 Å². The summed E-state index contributed by atoms with van der Waals surface area (Å²) in [6.45, 7) is 8.14. The molecule has 2 aromatic rings. The van der Waals surface area contributed by atoms with Crippen molar-refractivity contribution in [3.63, 3.8) is 0 Å². The highest BCUT2D eigenvalue weighted by molar-refractivity contribution is 14.0. The zero-order chi connectivity index (χ0) is 20.5. The molecule has 162 valence electrons. The third-order valence-electron chi connectivity index (χ3n) is 4.26. The summed E-state index contributed by atoms with van der Waals surface area (Å²) in [5, 5.41) is 7.77. The number of aliphatic imine (C=N–C) groups is 1. The van der Waals surface area contributed by atoms with E-state index in [1.54, 1.807) is 32.7 Å². The fraction of sp³-hybridized carbons (Fsp3) is 0.500. The molecule has 2 N–H and O–H groups in total. The van der Waals surface area contributed by atoms with Crippen LogP contribution in [0.15, 0.2) is 17.1 Å². The summed E-state index contributed by atoms with van der Waals surface area (Å²) in [6.07, 6.45) is 0.860. The van der Waals surface area contributed by atoms with Crippen molar-refractivity contribution in [1.82, 2.24) is 15.6 Å². The van der Waals surface area contributed by atoms with E-state index in [0.29, 0.717) is 23.8 Å². The van der Waals surface area contributed by atoms with Gasteiger partial charge in [-0.2, -0.15) is 0 Å². The number of benzene rings is 1. The molecule has 0 saturated heterocycles. The molecule has 0 radical (unpaired) electrons. The number of methoxy groups -OCH3 is 3. The van der Waals surface area contributed by atoms with Crippen LogP contribution in [0.5, 0.6) is 17.2 Å². The number of hydrogen-bond acceptors (Lipinski definition) is 6. The van der Waals surface area contributed by atoms with Crippen LogP contribution in [0, 0.1) is 13.8 Å². The van der Waals surface area contributed by atoms with Crippen LogP contribution in [-0.2, 0) is 13.0 Å². The molecular weight excluding hydrogens is 503 g/mol. The van der Waals surface area contributed by atoms with Crippen molar-refractivity contribution in [1.29, 1.82) is 0 Å². The summed E-state index contributed by atoms with van der Waals surface area (Å²) in [7, 11) is 4.87. The Hall–Kier alpha value is -1.75. The Balaban J connectivity index is 0.00000420. The summed E-state index contributed by atoms with van der Waals surface area (Å²) in [6, 6.07) is 3.67. The van der Waals surface area contributed by atoms with E-state index in [9.17, 15) is 0 Å². The van der Waals surface area contributed by atoms with Gasteiger partial charge in [0.25, 0.3) is 0 Å². The number of guanidine groups is 1. The van der Waals surface area contributed by atoms with Gasteiger partial charge in [0.2, 0.25) is 0 Å². The molecule has 0 saturated carbocycles. The van der Waals surface area contributed by atoms with Crippen molar-refractivity contribution in [2.24, 2.45) is 4.99 Å². The number of thiazole rings is 1. The first kappa shape index (κ1) is 25.3. The molecule has 0 amide bonds. The topological polar surface area (TPSA) is 77.0 Å². The molecule has 7 nitrogen and oxygen atoms in total. The van der Waals surface area contributed by atoms with Crippen LogP contribution >= 0.6 is 35.3 Å². The molecule has 1 aromatic carbocycles. The van der Waals surface area contributed by atoms with E-state index in [1.165, 1.54) is 4.88 Å². The minimum atomic E-state index is 0. The number of aromatic nitrogens is 1. The van der Waals surface area contributed by atoms with E-state index in [1.807, 2.05) is 26.0 Å². The minimum Gasteiger partial charge on any atom is -0.496 e. The van der Waals surface area contributed by atoms with Gasteiger partial charge in [-0.15, -0.1) is 35.3 Å². The van der Waals surface area contributed by atoms with Crippen LogP contribution in [0.25, 0.3) is 0 Å². The molecule has 2 rings (SSSR count). The standard InChI is InChI=1S/C20H30N4O3S.HI/c1-7-21-20(22-9-8-19-24-13(2)14(3)28-19)23-12-16-17(26-5)10-15(25-4)11-18(16)27-6;/h10-11H,7-9,12H2,1-6H3,(H2,21,22,23);1H. The fourth-order valence-electron chi connectivity index (χ4n) is 2.67. The number of aryl methyl sites for hydroxylation is 2. The van der Waals surface area contributed by atoms with Crippen LogP contribution < -0.4 is 24.8 Å². The first-order valence-electron chi connectivity index (χ1n) is 9.26. The van der Waals surface area contributed by atoms with Crippen LogP contribution in [0.3, 0.4) is 0 Å². The molecule has 0 spiro atoms. The summed E-state index contributed by atoms with van der Waals surface area (Å²) in [4.78, 5) is 10.5. The summed E-state index contributed by atoms with van der Waals surface area (Å²) in [5.41, 5.74) is 1.98. The van der Waals surface area contributed by atoms with Crippen molar-refractivity contribution >= 4 is 41.3 Å². The van der Waals surface area contributed by atoms with Gasteiger partial charge in [0.1, 0.15) is 17.2 Å². The highest BCUT2D eigenvalue weighted by atomic mass is 127. The summed E-state index contributed by atoms with van der Waals surface area (Å²) >= 11 is 1.75. The zero-order valence-corrected chi connectivity index (χ0v) is 21.1. The largest absolute Gasteiger partial charge is 0.496 e. The Morgan fingerprint density at radius 3 is 2.21 bits per heavy atom. The van der Waals surface area contributed by atoms with Gasteiger partial charge in [-0.1, -0.05) is 0 Å². The van der Waals surface area contributed by atoms with E-state index >= 15 is 0 Å². The SMILES string of the molecule is CCNC(=NCc1c(OC)cc(OC)cc1OC)NCCc1nc(C)c(C)s1.I. The van der Waals surface area contributed by atoms with Crippen molar-refractivity contribution in [3.8, 4) is 17.2 Å². The average Bonchev–Trinajstić information content (AvgIpc) is 3.02. The third-order valence-corrected chi connectivity index (χ3v) is 5.39. The third kappa shape index (κ3) is 7.22. The maximum Gasteiger partial charge on any atom is 0.191 e. The Morgan fingerprint density at radius 1 is 1.07 bits per heavy atom. The molecule has 1 aromatic heterocycles. The quantitative estimate of drug-likeness (QED) is 0.290. The second-order valence-electron chi connectivity index (χ2n) is 6.13. The van der Waals surface area contributed by atoms with Gasteiger partial charge >= 0.3 is 0 Å². The summed E-state index contributed by atoms with van der Waals surface area (Å²) in [5.74, 6) is 2.79. The number of ether oxygens (including phenoxy) is 3. The molecule has 0 atom stereocenters. The van der Waals surface area contributed by atoms with E-state index in [0.717, 1.165) is 41.7 Å². The van der Waals surface area contributed by atoms with Gasteiger partial charge in [0.15, 0.2) is 5.96 Å². The highest BCUT2D eigenvalue weighted by Gasteiger charge is 2.13. The molecule has 0 aliphatic carbocycles. The second kappa shape index (κ2) is 12.7. The molecule has 0 aliphatic heterocycles. The number of nitrogens with zero attached hydrogens (tertiary/aromatic N) is 2. The van der Waals surface area contributed by atoms with E-state index < -0.39 is 0 Å². The Bertz CT molecular complexity index is 767. The van der Waals surface area contributed by atoms with Gasteiger partial charge < -0.3 is 24.8 Å². The van der Waals surface area contributed by atoms with Crippen LogP contribution in [0.1, 0.15) is 28.1 Å². The average molecular weight is 534 g/mol. The number of rotatable bonds is 9. The maximum absolute atomic E-state index is 5.50. The lowest BCUT2D eigenvalue weighted by Gasteiger charge is -2.15. The number of halogens is 1. The number of hydrogen-bond donors (Lipinski definition) is 2. The first-order valence-corrected chi connectivity index (χ1v) is 10.1. The first-order chi connectivity index (χ1) is 13.5. The van der Waals surface area contributed by atoms with Crippen LogP contribution in [-0.4, -0.2) is 45.4 Å². The van der Waals surface area contributed by atoms with Gasteiger partial charge in [-0.3, -0.25) is 0 Å². The second-order valence-corrected chi connectivity index (χ2v) is 7.42. The Labute approximate surface area is 194 Å². The minimum absolute atomic E-state index is 0. The van der Waals surface area contributed by atoms with Crippen molar-refractivity contribution < 1.29 is 14.2 Å². The zero-order valence-electron chi connectivity index (χ0n) is 17.9. The predicted octanol–water partition coefficient (Wildman–Crippen LogP) is 3.70. The lowest BCUT2D eigenvalue weighted by Crippen LogP contribution is -2.38. The molecule has 29 heavy (non-hydrogen) atoms. The van der Waals surface area contributed by atoms with Gasteiger partial charge in [-0.05, 0) is 20.8 Å². The molecule has 0 fully saturated rings. The molecule has 0 aliphatic rings. The maximum atomic E-state index is 5.50. The van der Waals surface area contributed by atoms with E-state index in [4.69, 9.17) is 14.2 Å². The van der Waals surface area contributed by atoms with Crippen molar-refractivity contribution in [2.45, 2.75) is 33.7 Å². The molecular formula is C20H31IN4O3S. The molecule has 0 unspecified atom stereocenters. The monoisotopic (exact) mass is 534 g/mol. The van der Waals surface area contributed by atoms with Crippen molar-refractivity contribution in [2.75, 3.05) is 34.4 Å². The normalized spacial score (nSPS) is 10.9. The lowest BCUT2D eigenvalue weighted by atomic mass is 10.1. The molecule has 0 bridgehead atoms. The fourth-order valence-corrected chi connectivity index (χ4v) is 3.60. The van der Waals surface area contributed by atoms with Gasteiger partial charge in [0, 0.05) is 36.5 Å². The smallest absolute Gasteiger partial charge is 0.191 e. The predicted molar refractivity (Wildman–Crippen MR) is 130 cm³/mol. The Kier molecular flexibility index (Phi) is 11.1. The molecule has 1 heterocycles.